The highest BCUT2D eigenvalue weighted by molar-refractivity contribution is 7.22. The molecule has 0 radical (unpaired) electrons. The van der Waals surface area contributed by atoms with Crippen LogP contribution in [0.2, 0.25) is 0 Å². The van der Waals surface area contributed by atoms with Crippen molar-refractivity contribution >= 4 is 38.8 Å². The number of pyridine rings is 2. The fourth-order valence-electron chi connectivity index (χ4n) is 2.55. The van der Waals surface area contributed by atoms with Gasteiger partial charge in [0.05, 0.1) is 5.56 Å². The summed E-state index contributed by atoms with van der Waals surface area (Å²) in [5.74, 6) is -0.0874. The summed E-state index contributed by atoms with van der Waals surface area (Å²) in [6, 6.07) is 15.5. The normalized spacial score (nSPS) is 10.7. The lowest BCUT2D eigenvalue weighted by Crippen LogP contribution is -2.15. The monoisotopic (exact) mass is 346 g/mol. The van der Waals surface area contributed by atoms with Crippen LogP contribution in [0.4, 0.5) is 11.5 Å². The molecule has 5 nitrogen and oxygen atoms in total. The number of nitrogens with one attached hydrogen (secondary N) is 1. The third-order valence-electron chi connectivity index (χ3n) is 3.81. The Balaban J connectivity index is 1.69. The molecule has 0 fully saturated rings. The fourth-order valence-corrected chi connectivity index (χ4v) is 3.59. The molecule has 0 spiro atoms. The molecule has 0 aliphatic heterocycles. The molecular formula is C19H14N4OS. The summed E-state index contributed by atoms with van der Waals surface area (Å²) in [5, 5.41) is 3.98. The number of nitrogen functional groups attached to an aromatic ring is 1. The van der Waals surface area contributed by atoms with Gasteiger partial charge in [0.25, 0.3) is 5.91 Å². The molecule has 25 heavy (non-hydrogen) atoms. The third-order valence-corrected chi connectivity index (χ3v) is 4.98. The van der Waals surface area contributed by atoms with E-state index in [2.05, 4.69) is 33.5 Å². The number of nitrogens with two attached hydrogens (primary N) is 1. The maximum atomic E-state index is 12.5. The molecule has 3 N–H and O–H groups in total. The van der Waals surface area contributed by atoms with Gasteiger partial charge in [-0.1, -0.05) is 18.2 Å². The van der Waals surface area contributed by atoms with Crippen LogP contribution in [-0.4, -0.2) is 15.9 Å². The Morgan fingerprint density at radius 2 is 1.88 bits per heavy atom. The number of rotatable bonds is 3. The SMILES string of the molecule is Nc1ncc(-c2cc3ccccc3s2)cc1C(=O)Nc1ccncc1. The van der Waals surface area contributed by atoms with Crippen molar-refractivity contribution in [3.63, 3.8) is 0 Å². The number of benzene rings is 1. The molecule has 3 aromatic heterocycles. The van der Waals surface area contributed by atoms with Crippen molar-refractivity contribution < 1.29 is 4.79 Å². The van der Waals surface area contributed by atoms with Crippen molar-refractivity contribution in [2.24, 2.45) is 0 Å². The van der Waals surface area contributed by atoms with Gasteiger partial charge >= 0.3 is 0 Å². The Bertz CT molecular complexity index is 1030. The summed E-state index contributed by atoms with van der Waals surface area (Å²) < 4.78 is 1.19. The van der Waals surface area contributed by atoms with Crippen LogP contribution < -0.4 is 11.1 Å². The van der Waals surface area contributed by atoms with Gasteiger partial charge in [0, 0.05) is 39.4 Å². The van der Waals surface area contributed by atoms with Crippen LogP contribution in [0.3, 0.4) is 0 Å². The van der Waals surface area contributed by atoms with Crippen molar-refractivity contribution in [3.05, 3.63) is 72.7 Å². The number of fused-ring (bicyclic) bond motifs is 1. The van der Waals surface area contributed by atoms with Gasteiger partial charge in [0.2, 0.25) is 0 Å². The molecule has 0 saturated heterocycles. The number of thiophene rings is 1. The number of hydrogen-bond donors (Lipinski definition) is 2. The first kappa shape index (κ1) is 15.3. The largest absolute Gasteiger partial charge is 0.383 e. The molecule has 4 rings (SSSR count). The zero-order chi connectivity index (χ0) is 17.2. The molecule has 4 aromatic rings. The molecule has 3 heterocycles. The Kier molecular flexibility index (Phi) is 3.87. The second-order valence-corrected chi connectivity index (χ2v) is 6.58. The van der Waals surface area contributed by atoms with E-state index in [1.54, 1.807) is 48.1 Å². The van der Waals surface area contributed by atoms with E-state index in [4.69, 9.17) is 5.73 Å². The van der Waals surface area contributed by atoms with Gasteiger partial charge in [0.1, 0.15) is 5.82 Å². The molecule has 0 saturated carbocycles. The number of anilines is 2. The average molecular weight is 346 g/mol. The minimum atomic E-state index is -0.292. The van der Waals surface area contributed by atoms with E-state index in [9.17, 15) is 4.79 Å². The van der Waals surface area contributed by atoms with Gasteiger partial charge < -0.3 is 11.1 Å². The van der Waals surface area contributed by atoms with Crippen molar-refractivity contribution in [1.29, 1.82) is 0 Å². The summed E-state index contributed by atoms with van der Waals surface area (Å²) >= 11 is 1.66. The third kappa shape index (κ3) is 3.07. The molecular weight excluding hydrogens is 332 g/mol. The maximum Gasteiger partial charge on any atom is 0.259 e. The van der Waals surface area contributed by atoms with Crippen molar-refractivity contribution in [1.82, 2.24) is 9.97 Å². The zero-order valence-corrected chi connectivity index (χ0v) is 14.0. The smallest absolute Gasteiger partial charge is 0.259 e. The van der Waals surface area contributed by atoms with Crippen molar-refractivity contribution in [3.8, 4) is 10.4 Å². The van der Waals surface area contributed by atoms with Gasteiger partial charge in [-0.15, -0.1) is 11.3 Å². The lowest BCUT2D eigenvalue weighted by Gasteiger charge is -2.08. The number of nitrogens with zero attached hydrogens (tertiary/aromatic N) is 2. The molecule has 122 valence electrons. The molecule has 0 bridgehead atoms. The summed E-state index contributed by atoms with van der Waals surface area (Å²) in [7, 11) is 0. The summed E-state index contributed by atoms with van der Waals surface area (Å²) in [6.45, 7) is 0. The molecule has 1 aromatic carbocycles. The highest BCUT2D eigenvalue weighted by Gasteiger charge is 2.14. The van der Waals surface area contributed by atoms with Crippen LogP contribution >= 0.6 is 11.3 Å². The Morgan fingerprint density at radius 3 is 2.68 bits per heavy atom. The zero-order valence-electron chi connectivity index (χ0n) is 13.1. The van der Waals surface area contributed by atoms with Crippen LogP contribution in [-0.2, 0) is 0 Å². The second-order valence-electron chi connectivity index (χ2n) is 5.50. The maximum absolute atomic E-state index is 12.5. The van der Waals surface area contributed by atoms with E-state index >= 15 is 0 Å². The average Bonchev–Trinajstić information content (AvgIpc) is 3.07. The predicted molar refractivity (Wildman–Crippen MR) is 102 cm³/mol. The van der Waals surface area contributed by atoms with Gasteiger partial charge in [0.15, 0.2) is 0 Å². The quantitative estimate of drug-likeness (QED) is 0.583. The van der Waals surface area contributed by atoms with Crippen LogP contribution in [0, 0.1) is 0 Å². The van der Waals surface area contributed by atoms with Crippen LogP contribution in [0.5, 0.6) is 0 Å². The van der Waals surface area contributed by atoms with Gasteiger partial charge in [-0.3, -0.25) is 9.78 Å². The van der Waals surface area contributed by atoms with E-state index in [0.29, 0.717) is 11.3 Å². The van der Waals surface area contributed by atoms with Crippen molar-refractivity contribution in [2.75, 3.05) is 11.1 Å². The Morgan fingerprint density at radius 1 is 1.08 bits per heavy atom. The van der Waals surface area contributed by atoms with Crippen molar-refractivity contribution in [2.45, 2.75) is 0 Å². The lowest BCUT2D eigenvalue weighted by molar-refractivity contribution is 0.102. The Labute approximate surface area is 148 Å². The van der Waals surface area contributed by atoms with E-state index in [0.717, 1.165) is 10.4 Å². The van der Waals surface area contributed by atoms with Crippen LogP contribution in [0.25, 0.3) is 20.5 Å². The van der Waals surface area contributed by atoms with Gasteiger partial charge in [-0.25, -0.2) is 4.98 Å². The first-order chi connectivity index (χ1) is 12.2. The summed E-state index contributed by atoms with van der Waals surface area (Å²) in [4.78, 5) is 21.7. The Hall–Kier alpha value is -3.25. The van der Waals surface area contributed by atoms with Gasteiger partial charge in [-0.2, -0.15) is 0 Å². The molecule has 0 atom stereocenters. The van der Waals surface area contributed by atoms with E-state index in [1.165, 1.54) is 10.1 Å². The number of hydrogen-bond acceptors (Lipinski definition) is 5. The predicted octanol–water partition coefficient (Wildman–Crippen LogP) is 4.19. The molecule has 0 aliphatic carbocycles. The minimum Gasteiger partial charge on any atom is -0.383 e. The minimum absolute atomic E-state index is 0.205. The summed E-state index contributed by atoms with van der Waals surface area (Å²) in [6.07, 6.45) is 4.93. The first-order valence-electron chi connectivity index (χ1n) is 7.66. The number of carbonyl (C=O) groups is 1. The molecule has 6 heteroatoms. The van der Waals surface area contributed by atoms with E-state index in [1.807, 2.05) is 12.1 Å². The molecule has 0 aliphatic rings. The second kappa shape index (κ2) is 6.33. The van der Waals surface area contributed by atoms with Crippen LogP contribution in [0.1, 0.15) is 10.4 Å². The highest BCUT2D eigenvalue weighted by atomic mass is 32.1. The highest BCUT2D eigenvalue weighted by Crippen LogP contribution is 2.34. The molecule has 0 unspecified atom stereocenters. The topological polar surface area (TPSA) is 80.9 Å². The van der Waals surface area contributed by atoms with E-state index < -0.39 is 0 Å². The fraction of sp³-hybridized carbons (Fsp3) is 0. The number of carbonyl (C=O) groups excluding carboxylic acids is 1. The number of aromatic nitrogens is 2. The lowest BCUT2D eigenvalue weighted by atomic mass is 10.1. The van der Waals surface area contributed by atoms with Gasteiger partial charge in [-0.05, 0) is 35.7 Å². The van der Waals surface area contributed by atoms with E-state index in [-0.39, 0.29) is 11.7 Å². The summed E-state index contributed by atoms with van der Waals surface area (Å²) in [5.41, 5.74) is 7.80. The standard InChI is InChI=1S/C19H14N4OS/c20-18-15(19(24)23-14-5-7-21-8-6-14)9-13(11-22-18)17-10-12-3-1-2-4-16(12)25-17/h1-11H,(H2,20,22)(H,21,23,24). The first-order valence-corrected chi connectivity index (χ1v) is 8.48. The number of amides is 1. The van der Waals surface area contributed by atoms with Crippen LogP contribution in [0.15, 0.2) is 67.1 Å². The molecule has 1 amide bonds.